The predicted octanol–water partition coefficient (Wildman–Crippen LogP) is 2.91. The first-order valence-corrected chi connectivity index (χ1v) is 10.4. The Kier molecular flexibility index (Phi) is 7.35. The fourth-order valence-electron chi connectivity index (χ4n) is 3.60. The molecule has 1 fully saturated rings. The van der Waals surface area contributed by atoms with E-state index in [0.29, 0.717) is 25.0 Å². The summed E-state index contributed by atoms with van der Waals surface area (Å²) in [6.45, 7) is 2.53. The summed E-state index contributed by atoms with van der Waals surface area (Å²) in [5, 5.41) is 17.6. The van der Waals surface area contributed by atoms with Crippen molar-refractivity contribution in [2.75, 3.05) is 29.1 Å². The van der Waals surface area contributed by atoms with Crippen molar-refractivity contribution in [3.63, 3.8) is 0 Å². The third-order valence-electron chi connectivity index (χ3n) is 5.64. The molecule has 3 rings (SSSR count). The summed E-state index contributed by atoms with van der Waals surface area (Å²) in [6, 6.07) is 7.79. The van der Waals surface area contributed by atoms with E-state index >= 15 is 0 Å². The fraction of sp³-hybridized carbons (Fsp3) is 0.476. The van der Waals surface area contributed by atoms with E-state index in [1.54, 1.807) is 11.9 Å². The summed E-state index contributed by atoms with van der Waals surface area (Å²) in [7, 11) is 1.71. The Morgan fingerprint density at radius 2 is 2.03 bits per heavy atom. The van der Waals surface area contributed by atoms with Gasteiger partial charge in [-0.1, -0.05) is 12.1 Å². The minimum absolute atomic E-state index is 0.0560. The molecule has 4 N–H and O–H groups in total. The largest absolute Gasteiger partial charge is 0.364 e. The van der Waals surface area contributed by atoms with E-state index in [9.17, 15) is 14.9 Å². The van der Waals surface area contributed by atoms with E-state index in [2.05, 4.69) is 20.6 Å². The van der Waals surface area contributed by atoms with Gasteiger partial charge in [-0.15, -0.1) is 0 Å². The second kappa shape index (κ2) is 10.2. The molecule has 1 aliphatic carbocycles. The lowest BCUT2D eigenvalue weighted by Gasteiger charge is -2.26. The molecule has 10 heteroatoms. The Morgan fingerprint density at radius 3 is 2.71 bits per heavy atom. The van der Waals surface area contributed by atoms with Crippen LogP contribution < -0.4 is 21.3 Å². The molecule has 0 bridgehead atoms. The van der Waals surface area contributed by atoms with Crippen molar-refractivity contribution < 1.29 is 9.72 Å². The molecule has 1 amide bonds. The number of anilines is 3. The third-order valence-corrected chi connectivity index (χ3v) is 5.64. The third kappa shape index (κ3) is 6.11. The highest BCUT2D eigenvalue weighted by Crippen LogP contribution is 2.26. The molecule has 0 spiro atoms. The van der Waals surface area contributed by atoms with E-state index in [-0.39, 0.29) is 23.5 Å². The molecule has 1 heterocycles. The van der Waals surface area contributed by atoms with E-state index in [1.165, 1.54) is 13.1 Å². The molecular weight excluding hydrogens is 398 g/mol. The number of amides is 1. The molecule has 0 radical (unpaired) electrons. The number of hydrogen-bond acceptors (Lipinski definition) is 8. The van der Waals surface area contributed by atoms with Gasteiger partial charge < -0.3 is 21.3 Å². The zero-order valence-corrected chi connectivity index (χ0v) is 17.9. The Balaban J connectivity index is 1.66. The highest BCUT2D eigenvalue weighted by molar-refractivity contribution is 5.90. The van der Waals surface area contributed by atoms with Crippen molar-refractivity contribution in [1.29, 1.82) is 0 Å². The average Bonchev–Trinajstić information content (AvgIpc) is 2.76. The second-order valence-corrected chi connectivity index (χ2v) is 7.95. The molecule has 2 aromatic rings. The molecule has 0 atom stereocenters. The maximum Gasteiger partial charge on any atom is 0.329 e. The zero-order chi connectivity index (χ0) is 22.4. The van der Waals surface area contributed by atoms with Crippen molar-refractivity contribution in [3.8, 4) is 0 Å². The number of nitrogens with one attached hydrogen (secondary N) is 2. The second-order valence-electron chi connectivity index (χ2n) is 7.95. The van der Waals surface area contributed by atoms with Crippen LogP contribution in [-0.2, 0) is 11.3 Å². The number of carbonyl (C=O) groups is 1. The number of nitrogens with zero attached hydrogens (tertiary/aromatic N) is 4. The van der Waals surface area contributed by atoms with Crippen molar-refractivity contribution in [2.45, 2.75) is 45.2 Å². The van der Waals surface area contributed by atoms with Gasteiger partial charge in [0.25, 0.3) is 0 Å². The molecule has 1 aromatic heterocycles. The summed E-state index contributed by atoms with van der Waals surface area (Å²) >= 11 is 0. The van der Waals surface area contributed by atoms with E-state index in [4.69, 9.17) is 5.73 Å². The van der Waals surface area contributed by atoms with E-state index in [0.717, 1.165) is 36.9 Å². The van der Waals surface area contributed by atoms with Gasteiger partial charge in [-0.05, 0) is 49.3 Å². The monoisotopic (exact) mass is 427 g/mol. The number of carbonyl (C=O) groups excluding carboxylic acids is 1. The lowest BCUT2D eigenvalue weighted by molar-refractivity contribution is -0.384. The molecule has 0 saturated heterocycles. The quantitative estimate of drug-likeness (QED) is 0.432. The zero-order valence-electron chi connectivity index (χ0n) is 17.9. The van der Waals surface area contributed by atoms with Crippen LogP contribution in [0.25, 0.3) is 0 Å². The first-order valence-electron chi connectivity index (χ1n) is 10.4. The first kappa shape index (κ1) is 22.4. The van der Waals surface area contributed by atoms with E-state index in [1.807, 2.05) is 24.3 Å². The predicted molar refractivity (Wildman–Crippen MR) is 120 cm³/mol. The van der Waals surface area contributed by atoms with Crippen LogP contribution >= 0.6 is 0 Å². The Bertz CT molecular complexity index is 929. The summed E-state index contributed by atoms with van der Waals surface area (Å²) in [4.78, 5) is 32.4. The number of nitrogens with two attached hydrogens (primary N) is 1. The summed E-state index contributed by atoms with van der Waals surface area (Å²) in [5.74, 6) is 0.873. The van der Waals surface area contributed by atoms with Gasteiger partial charge in [0.2, 0.25) is 17.7 Å². The van der Waals surface area contributed by atoms with Crippen LogP contribution in [0.15, 0.2) is 30.5 Å². The van der Waals surface area contributed by atoms with Crippen LogP contribution in [0.4, 0.5) is 23.1 Å². The maximum atomic E-state index is 11.6. The van der Waals surface area contributed by atoms with Crippen molar-refractivity contribution in [2.24, 2.45) is 11.7 Å². The standard InChI is InChI=1S/C21H29N7O3/c1-14(29)27(2)18-5-3-4-16(10-18)12-24-21-25-13-19(28(30)31)20(26-21)23-11-15-6-8-17(22)9-7-15/h3-5,10,13,15,17H,6-9,11-12,22H2,1-2H3,(H2,23,24,25,26). The summed E-state index contributed by atoms with van der Waals surface area (Å²) in [6.07, 6.45) is 5.17. The van der Waals surface area contributed by atoms with Gasteiger partial charge in [-0.3, -0.25) is 14.9 Å². The Morgan fingerprint density at radius 1 is 1.29 bits per heavy atom. The van der Waals surface area contributed by atoms with Gasteiger partial charge in [-0.2, -0.15) is 4.98 Å². The topological polar surface area (TPSA) is 139 Å². The molecule has 31 heavy (non-hydrogen) atoms. The van der Waals surface area contributed by atoms with E-state index < -0.39 is 4.92 Å². The number of benzene rings is 1. The molecule has 166 valence electrons. The van der Waals surface area contributed by atoms with Crippen LogP contribution in [0, 0.1) is 16.0 Å². The van der Waals surface area contributed by atoms with Crippen LogP contribution in [0.2, 0.25) is 0 Å². The molecule has 1 aliphatic rings. The Labute approximate surface area is 181 Å². The van der Waals surface area contributed by atoms with Crippen LogP contribution in [0.5, 0.6) is 0 Å². The van der Waals surface area contributed by atoms with Crippen LogP contribution in [0.1, 0.15) is 38.2 Å². The van der Waals surface area contributed by atoms with Gasteiger partial charge in [0, 0.05) is 38.8 Å². The van der Waals surface area contributed by atoms with Gasteiger partial charge >= 0.3 is 5.69 Å². The minimum atomic E-state index is -0.482. The Hall–Kier alpha value is -3.27. The molecule has 0 aliphatic heterocycles. The van der Waals surface area contributed by atoms with Gasteiger partial charge in [-0.25, -0.2) is 4.98 Å². The van der Waals surface area contributed by atoms with Gasteiger partial charge in [0.1, 0.15) is 6.20 Å². The molecular formula is C21H29N7O3. The van der Waals surface area contributed by atoms with Crippen LogP contribution in [-0.4, -0.2) is 40.4 Å². The maximum absolute atomic E-state index is 11.6. The first-order chi connectivity index (χ1) is 14.8. The highest BCUT2D eigenvalue weighted by Gasteiger charge is 2.21. The van der Waals surface area contributed by atoms with Gasteiger partial charge in [0.05, 0.1) is 4.92 Å². The highest BCUT2D eigenvalue weighted by atomic mass is 16.6. The number of hydrogen-bond donors (Lipinski definition) is 3. The van der Waals surface area contributed by atoms with Crippen LogP contribution in [0.3, 0.4) is 0 Å². The number of aromatic nitrogens is 2. The number of rotatable bonds is 8. The molecule has 1 saturated carbocycles. The van der Waals surface area contributed by atoms with Crippen molar-refractivity contribution in [1.82, 2.24) is 9.97 Å². The van der Waals surface area contributed by atoms with Crippen molar-refractivity contribution >= 4 is 29.0 Å². The van der Waals surface area contributed by atoms with Crippen molar-refractivity contribution in [3.05, 3.63) is 46.1 Å². The molecule has 0 unspecified atom stereocenters. The minimum Gasteiger partial charge on any atom is -0.364 e. The SMILES string of the molecule is CC(=O)N(C)c1cccc(CNc2ncc([N+](=O)[O-])c(NCC3CCC(N)CC3)n2)c1. The number of nitro groups is 1. The molecule has 10 nitrogen and oxygen atoms in total. The van der Waals surface area contributed by atoms with Gasteiger partial charge in [0.15, 0.2) is 0 Å². The lowest BCUT2D eigenvalue weighted by Crippen LogP contribution is -2.29. The fourth-order valence-corrected chi connectivity index (χ4v) is 3.60. The smallest absolute Gasteiger partial charge is 0.329 e. The average molecular weight is 428 g/mol. The lowest BCUT2D eigenvalue weighted by atomic mass is 9.86. The molecule has 1 aromatic carbocycles. The summed E-state index contributed by atoms with van der Waals surface area (Å²) in [5.41, 5.74) is 7.52. The normalized spacial score (nSPS) is 18.3. The summed E-state index contributed by atoms with van der Waals surface area (Å²) < 4.78 is 0.